The van der Waals surface area contributed by atoms with Crippen molar-refractivity contribution < 1.29 is 4.79 Å². The maximum Gasteiger partial charge on any atom is 0.237 e. The number of terminal acetylenes is 1. The highest BCUT2D eigenvalue weighted by Gasteiger charge is 2.23. The van der Waals surface area contributed by atoms with Crippen LogP contribution in [0, 0.1) is 12.3 Å². The molecule has 0 saturated carbocycles. The van der Waals surface area contributed by atoms with Crippen molar-refractivity contribution in [2.45, 2.75) is 38.3 Å². The van der Waals surface area contributed by atoms with Crippen LogP contribution in [0.5, 0.6) is 0 Å². The van der Waals surface area contributed by atoms with Gasteiger partial charge in [0.25, 0.3) is 0 Å². The molecule has 1 heterocycles. The van der Waals surface area contributed by atoms with E-state index in [1.165, 1.54) is 11.1 Å². The second-order valence-electron chi connectivity index (χ2n) is 4.86. The predicted molar refractivity (Wildman–Crippen MR) is 76.5 cm³/mol. The summed E-state index contributed by atoms with van der Waals surface area (Å²) in [5, 5.41) is 6.25. The Bertz CT molecular complexity index is 476. The lowest BCUT2D eigenvalue weighted by molar-refractivity contribution is -0.123. The first-order valence-corrected chi connectivity index (χ1v) is 6.82. The maximum absolute atomic E-state index is 12.0. The van der Waals surface area contributed by atoms with E-state index < -0.39 is 0 Å². The number of carbonyl (C=O) groups is 1. The van der Waals surface area contributed by atoms with Crippen LogP contribution in [0.1, 0.15) is 30.4 Å². The van der Waals surface area contributed by atoms with Crippen molar-refractivity contribution in [2.75, 3.05) is 6.54 Å². The Hall–Kier alpha value is -1.79. The quantitative estimate of drug-likeness (QED) is 0.621. The van der Waals surface area contributed by atoms with E-state index in [1.54, 1.807) is 0 Å². The zero-order valence-electron chi connectivity index (χ0n) is 11.1. The van der Waals surface area contributed by atoms with E-state index >= 15 is 0 Å². The Kier molecular flexibility index (Phi) is 5.00. The number of hydrogen-bond acceptors (Lipinski definition) is 2. The molecule has 1 aromatic rings. The number of nitrogens with one attached hydrogen (secondary N) is 2. The molecule has 0 spiro atoms. The molecule has 0 saturated heterocycles. The molecule has 3 nitrogen and oxygen atoms in total. The van der Waals surface area contributed by atoms with Gasteiger partial charge in [0.05, 0.1) is 6.04 Å². The Morgan fingerprint density at radius 2 is 2.16 bits per heavy atom. The molecular formula is C16H20N2O. The predicted octanol–water partition coefficient (Wildman–Crippen LogP) is 1.62. The van der Waals surface area contributed by atoms with Gasteiger partial charge in [0, 0.05) is 19.5 Å². The number of amides is 1. The topological polar surface area (TPSA) is 41.1 Å². The fourth-order valence-electron chi connectivity index (χ4n) is 2.33. The second kappa shape index (κ2) is 6.96. The van der Waals surface area contributed by atoms with Crippen LogP contribution < -0.4 is 10.6 Å². The van der Waals surface area contributed by atoms with Gasteiger partial charge in [-0.25, -0.2) is 0 Å². The summed E-state index contributed by atoms with van der Waals surface area (Å²) in [4.78, 5) is 12.0. The van der Waals surface area contributed by atoms with E-state index in [-0.39, 0.29) is 11.9 Å². The minimum atomic E-state index is -0.109. The van der Waals surface area contributed by atoms with Gasteiger partial charge in [-0.3, -0.25) is 4.79 Å². The number of unbranched alkanes of at least 4 members (excludes halogenated alkanes) is 2. The van der Waals surface area contributed by atoms with Gasteiger partial charge in [-0.2, -0.15) is 0 Å². The van der Waals surface area contributed by atoms with Crippen molar-refractivity contribution in [2.24, 2.45) is 0 Å². The van der Waals surface area contributed by atoms with Crippen LogP contribution in [-0.4, -0.2) is 18.5 Å². The lowest BCUT2D eigenvalue weighted by Crippen LogP contribution is -2.47. The summed E-state index contributed by atoms with van der Waals surface area (Å²) in [6.45, 7) is 1.48. The van der Waals surface area contributed by atoms with Crippen LogP contribution in [0.3, 0.4) is 0 Å². The Morgan fingerprint density at radius 3 is 2.95 bits per heavy atom. The first-order valence-electron chi connectivity index (χ1n) is 6.82. The van der Waals surface area contributed by atoms with E-state index in [4.69, 9.17) is 6.42 Å². The molecule has 1 aromatic carbocycles. The van der Waals surface area contributed by atoms with Crippen molar-refractivity contribution in [3.63, 3.8) is 0 Å². The van der Waals surface area contributed by atoms with Crippen LogP contribution in [-0.2, 0) is 17.8 Å². The third-order valence-electron chi connectivity index (χ3n) is 3.44. The first kappa shape index (κ1) is 13.6. The van der Waals surface area contributed by atoms with E-state index in [0.29, 0.717) is 6.54 Å². The fourth-order valence-corrected chi connectivity index (χ4v) is 2.33. The van der Waals surface area contributed by atoms with E-state index in [2.05, 4.69) is 28.7 Å². The zero-order valence-corrected chi connectivity index (χ0v) is 11.1. The molecule has 19 heavy (non-hydrogen) atoms. The van der Waals surface area contributed by atoms with E-state index in [1.807, 2.05) is 12.1 Å². The Balaban J connectivity index is 1.78. The zero-order chi connectivity index (χ0) is 13.5. The standard InChI is InChI=1S/C16H20N2O/c1-2-3-4-7-10-17-16(19)15-11-13-8-5-6-9-14(13)12-18-15/h1,5-6,8-9,15,18H,3-4,7,10-12H2,(H,17,19)/t15-/m1/s1. The van der Waals surface area contributed by atoms with Gasteiger partial charge < -0.3 is 10.6 Å². The average Bonchev–Trinajstić information content (AvgIpc) is 2.46. The third kappa shape index (κ3) is 3.84. The van der Waals surface area contributed by atoms with Gasteiger partial charge in [-0.15, -0.1) is 12.3 Å². The molecule has 0 radical (unpaired) electrons. The molecular weight excluding hydrogens is 236 g/mol. The van der Waals surface area contributed by atoms with Gasteiger partial charge >= 0.3 is 0 Å². The van der Waals surface area contributed by atoms with Crippen LogP contribution in [0.25, 0.3) is 0 Å². The molecule has 1 amide bonds. The lowest BCUT2D eigenvalue weighted by Gasteiger charge is -2.25. The molecule has 1 aliphatic rings. The monoisotopic (exact) mass is 256 g/mol. The highest BCUT2D eigenvalue weighted by Crippen LogP contribution is 2.16. The number of benzene rings is 1. The molecule has 2 rings (SSSR count). The summed E-state index contributed by atoms with van der Waals surface area (Å²) in [7, 11) is 0. The molecule has 3 heteroatoms. The number of fused-ring (bicyclic) bond motifs is 1. The molecule has 0 unspecified atom stereocenters. The average molecular weight is 256 g/mol. The van der Waals surface area contributed by atoms with Crippen LogP contribution in [0.15, 0.2) is 24.3 Å². The summed E-state index contributed by atoms with van der Waals surface area (Å²) in [5.41, 5.74) is 2.56. The molecule has 0 aliphatic carbocycles. The second-order valence-corrected chi connectivity index (χ2v) is 4.86. The van der Waals surface area contributed by atoms with Gasteiger partial charge in [-0.1, -0.05) is 24.3 Å². The summed E-state index contributed by atoms with van der Waals surface area (Å²) >= 11 is 0. The summed E-state index contributed by atoms with van der Waals surface area (Å²) in [6, 6.07) is 8.16. The van der Waals surface area contributed by atoms with Gasteiger partial charge in [0.1, 0.15) is 0 Å². The smallest absolute Gasteiger partial charge is 0.237 e. The van der Waals surface area contributed by atoms with Crippen molar-refractivity contribution in [1.29, 1.82) is 0 Å². The Labute approximate surface area is 114 Å². The summed E-state index contributed by atoms with van der Waals surface area (Å²) in [5.74, 6) is 2.70. The highest BCUT2D eigenvalue weighted by molar-refractivity contribution is 5.82. The number of rotatable bonds is 5. The summed E-state index contributed by atoms with van der Waals surface area (Å²) in [6.07, 6.45) is 8.65. The third-order valence-corrected chi connectivity index (χ3v) is 3.44. The minimum absolute atomic E-state index is 0.0928. The number of hydrogen-bond donors (Lipinski definition) is 2. The van der Waals surface area contributed by atoms with Crippen LogP contribution in [0.4, 0.5) is 0 Å². The molecule has 1 aliphatic heterocycles. The number of carbonyl (C=O) groups excluding carboxylic acids is 1. The molecule has 100 valence electrons. The minimum Gasteiger partial charge on any atom is -0.355 e. The largest absolute Gasteiger partial charge is 0.355 e. The first-order chi connectivity index (χ1) is 9.31. The lowest BCUT2D eigenvalue weighted by atomic mass is 9.95. The maximum atomic E-state index is 12.0. The van der Waals surface area contributed by atoms with Crippen LogP contribution in [0.2, 0.25) is 0 Å². The van der Waals surface area contributed by atoms with Gasteiger partial charge in [0.15, 0.2) is 0 Å². The van der Waals surface area contributed by atoms with Crippen molar-refractivity contribution in [3.05, 3.63) is 35.4 Å². The molecule has 0 aromatic heterocycles. The van der Waals surface area contributed by atoms with Crippen molar-refractivity contribution >= 4 is 5.91 Å². The Morgan fingerprint density at radius 1 is 1.37 bits per heavy atom. The fraction of sp³-hybridized carbons (Fsp3) is 0.438. The molecule has 2 N–H and O–H groups in total. The van der Waals surface area contributed by atoms with Gasteiger partial charge in [-0.05, 0) is 30.4 Å². The van der Waals surface area contributed by atoms with Crippen LogP contribution >= 0.6 is 0 Å². The van der Waals surface area contributed by atoms with Crippen molar-refractivity contribution in [3.8, 4) is 12.3 Å². The van der Waals surface area contributed by atoms with Gasteiger partial charge in [0.2, 0.25) is 5.91 Å². The molecule has 0 bridgehead atoms. The SMILES string of the molecule is C#CCCCCNC(=O)[C@H]1Cc2ccccc2CN1. The van der Waals surface area contributed by atoms with E-state index in [9.17, 15) is 4.79 Å². The highest BCUT2D eigenvalue weighted by atomic mass is 16.2. The van der Waals surface area contributed by atoms with Crippen molar-refractivity contribution in [1.82, 2.24) is 10.6 Å². The summed E-state index contributed by atoms with van der Waals surface area (Å²) < 4.78 is 0. The van der Waals surface area contributed by atoms with E-state index in [0.717, 1.165) is 32.2 Å². The normalized spacial score (nSPS) is 17.3. The molecule has 1 atom stereocenters. The molecule has 0 fully saturated rings.